The molecule has 1 saturated heterocycles. The van der Waals surface area contributed by atoms with E-state index in [-0.39, 0.29) is 17.9 Å². The van der Waals surface area contributed by atoms with E-state index in [0.717, 1.165) is 33.7 Å². The topological polar surface area (TPSA) is 107 Å². The molecule has 2 fully saturated rings. The summed E-state index contributed by atoms with van der Waals surface area (Å²) in [5, 5.41) is 5.70. The Morgan fingerprint density at radius 1 is 1.12 bits per heavy atom. The number of anilines is 1. The minimum absolute atomic E-state index is 0.0551. The van der Waals surface area contributed by atoms with Crippen molar-refractivity contribution in [3.05, 3.63) is 48.5 Å². The third kappa shape index (κ3) is 4.04. The summed E-state index contributed by atoms with van der Waals surface area (Å²) in [7, 11) is 0. The molecule has 2 atom stereocenters. The van der Waals surface area contributed by atoms with Crippen molar-refractivity contribution in [1.29, 1.82) is 0 Å². The van der Waals surface area contributed by atoms with Gasteiger partial charge in [0.05, 0.1) is 11.0 Å². The molecule has 4 amide bonds. The van der Waals surface area contributed by atoms with Gasteiger partial charge in [-0.2, -0.15) is 0 Å². The van der Waals surface area contributed by atoms with Gasteiger partial charge in [0.25, 0.3) is 5.91 Å². The maximum Gasteiger partial charge on any atom is 0.325 e. The number of urea groups is 1. The van der Waals surface area contributed by atoms with Crippen molar-refractivity contribution in [2.24, 2.45) is 11.3 Å². The highest BCUT2D eigenvalue weighted by Crippen LogP contribution is 2.46. The van der Waals surface area contributed by atoms with E-state index in [0.29, 0.717) is 24.4 Å². The number of rotatable bonds is 4. The molecular weight excluding hydrogens is 430 g/mol. The van der Waals surface area contributed by atoms with Crippen molar-refractivity contribution in [2.45, 2.75) is 45.6 Å². The summed E-state index contributed by atoms with van der Waals surface area (Å²) in [4.78, 5) is 47.5. The summed E-state index contributed by atoms with van der Waals surface area (Å²) in [6.45, 7) is 6.03. The molecule has 1 aliphatic carbocycles. The number of aromatic amines is 1. The first kappa shape index (κ1) is 22.1. The van der Waals surface area contributed by atoms with Gasteiger partial charge in [0.15, 0.2) is 0 Å². The van der Waals surface area contributed by atoms with E-state index in [4.69, 9.17) is 0 Å². The number of H-pyrrole nitrogens is 1. The average molecular weight is 460 g/mol. The normalized spacial score (nSPS) is 24.0. The minimum atomic E-state index is -0.910. The van der Waals surface area contributed by atoms with Gasteiger partial charge in [-0.25, -0.2) is 9.78 Å². The Morgan fingerprint density at radius 2 is 1.85 bits per heavy atom. The molecule has 2 aromatic carbocycles. The number of nitrogens with one attached hydrogen (secondary N) is 3. The van der Waals surface area contributed by atoms with Crippen LogP contribution >= 0.6 is 0 Å². The number of amides is 4. The van der Waals surface area contributed by atoms with Crippen LogP contribution in [0.1, 0.15) is 40.0 Å². The number of hydrogen-bond acceptors (Lipinski definition) is 4. The Bertz CT molecular complexity index is 1250. The van der Waals surface area contributed by atoms with Gasteiger partial charge in [0, 0.05) is 11.3 Å². The zero-order chi connectivity index (χ0) is 24.1. The third-order valence-electron chi connectivity index (χ3n) is 6.76. The van der Waals surface area contributed by atoms with Crippen LogP contribution in [0.3, 0.4) is 0 Å². The van der Waals surface area contributed by atoms with E-state index in [1.165, 1.54) is 0 Å². The predicted molar refractivity (Wildman–Crippen MR) is 130 cm³/mol. The highest BCUT2D eigenvalue weighted by molar-refractivity contribution is 6.10. The van der Waals surface area contributed by atoms with E-state index < -0.39 is 17.5 Å². The fourth-order valence-electron chi connectivity index (χ4n) is 5.79. The van der Waals surface area contributed by atoms with Gasteiger partial charge in [0.2, 0.25) is 5.91 Å². The average Bonchev–Trinajstić information content (AvgIpc) is 3.28. The van der Waals surface area contributed by atoms with Crippen molar-refractivity contribution in [2.75, 3.05) is 11.9 Å². The van der Waals surface area contributed by atoms with Gasteiger partial charge in [-0.3, -0.25) is 14.5 Å². The largest absolute Gasteiger partial charge is 0.338 e. The highest BCUT2D eigenvalue weighted by Gasteiger charge is 2.56. The summed E-state index contributed by atoms with van der Waals surface area (Å²) in [5.41, 5.74) is 2.35. The minimum Gasteiger partial charge on any atom is -0.338 e. The van der Waals surface area contributed by atoms with E-state index in [1.54, 1.807) is 12.1 Å². The standard InChI is InChI=1S/C26H29N5O3/c1-16-12-25(2,3)15-26(13-16)23(33)31(24(34)30-26)14-21(32)27-18-10-8-17(9-11-18)22-28-19-6-4-5-7-20(19)29-22/h4-11,16H,12-15H2,1-3H3,(H,27,32)(H,28,29)(H,30,34). The molecule has 1 spiro atoms. The summed E-state index contributed by atoms with van der Waals surface area (Å²) in [5.74, 6) is 0.341. The molecular formula is C26H29N5O3. The van der Waals surface area contributed by atoms with Crippen LogP contribution in [0.4, 0.5) is 10.5 Å². The molecule has 5 rings (SSSR count). The third-order valence-corrected chi connectivity index (χ3v) is 6.76. The summed E-state index contributed by atoms with van der Waals surface area (Å²) in [6.07, 6.45) is 2.18. The first-order valence-corrected chi connectivity index (χ1v) is 11.6. The van der Waals surface area contributed by atoms with Crippen LogP contribution in [0.15, 0.2) is 48.5 Å². The molecule has 8 heteroatoms. The summed E-state index contributed by atoms with van der Waals surface area (Å²) in [6, 6.07) is 14.6. The van der Waals surface area contributed by atoms with E-state index in [9.17, 15) is 14.4 Å². The molecule has 0 bridgehead atoms. The number of imide groups is 1. The number of carbonyl (C=O) groups excluding carboxylic acids is 3. The van der Waals surface area contributed by atoms with Gasteiger partial charge in [-0.05, 0) is 67.0 Å². The van der Waals surface area contributed by atoms with Crippen LogP contribution < -0.4 is 10.6 Å². The number of para-hydroxylation sites is 2. The number of carbonyl (C=O) groups is 3. The van der Waals surface area contributed by atoms with E-state index >= 15 is 0 Å². The number of fused-ring (bicyclic) bond motifs is 1. The van der Waals surface area contributed by atoms with E-state index in [2.05, 4.69) is 41.4 Å². The molecule has 1 aliphatic heterocycles. The van der Waals surface area contributed by atoms with Crippen LogP contribution in [0.2, 0.25) is 0 Å². The van der Waals surface area contributed by atoms with Gasteiger partial charge < -0.3 is 15.6 Å². The Kier molecular flexibility index (Phi) is 5.19. The molecule has 176 valence electrons. The highest BCUT2D eigenvalue weighted by atomic mass is 16.2. The first-order chi connectivity index (χ1) is 16.1. The SMILES string of the molecule is CC1CC(C)(C)CC2(C1)NC(=O)N(CC(=O)Nc1ccc(-c3nc4ccccc4[nH]3)cc1)C2=O. The maximum absolute atomic E-state index is 13.2. The lowest BCUT2D eigenvalue weighted by Gasteiger charge is -2.43. The van der Waals surface area contributed by atoms with Gasteiger partial charge in [-0.1, -0.05) is 32.9 Å². The number of imidazole rings is 1. The van der Waals surface area contributed by atoms with Crippen molar-refractivity contribution >= 4 is 34.6 Å². The molecule has 3 N–H and O–H groups in total. The first-order valence-electron chi connectivity index (χ1n) is 11.6. The molecule has 2 heterocycles. The number of hydrogen-bond donors (Lipinski definition) is 3. The zero-order valence-corrected chi connectivity index (χ0v) is 19.6. The zero-order valence-electron chi connectivity index (χ0n) is 19.6. The van der Waals surface area contributed by atoms with Crippen LogP contribution in [0, 0.1) is 11.3 Å². The van der Waals surface area contributed by atoms with Crippen molar-refractivity contribution in [3.63, 3.8) is 0 Å². The molecule has 1 saturated carbocycles. The van der Waals surface area contributed by atoms with E-state index in [1.807, 2.05) is 36.4 Å². The summed E-state index contributed by atoms with van der Waals surface area (Å²) < 4.78 is 0. The Hall–Kier alpha value is -3.68. The fourth-order valence-corrected chi connectivity index (χ4v) is 5.79. The van der Waals surface area contributed by atoms with Crippen molar-refractivity contribution in [3.8, 4) is 11.4 Å². The smallest absolute Gasteiger partial charge is 0.325 e. The van der Waals surface area contributed by atoms with Crippen molar-refractivity contribution < 1.29 is 14.4 Å². The molecule has 2 aliphatic rings. The quantitative estimate of drug-likeness (QED) is 0.506. The predicted octanol–water partition coefficient (Wildman–Crippen LogP) is 4.31. The van der Waals surface area contributed by atoms with Crippen molar-refractivity contribution in [1.82, 2.24) is 20.2 Å². The van der Waals surface area contributed by atoms with Gasteiger partial charge in [-0.15, -0.1) is 0 Å². The number of benzene rings is 2. The lowest BCUT2D eigenvalue weighted by Crippen LogP contribution is -2.54. The van der Waals surface area contributed by atoms with Gasteiger partial charge in [0.1, 0.15) is 17.9 Å². The van der Waals surface area contributed by atoms with Crippen LogP contribution in [0.25, 0.3) is 22.4 Å². The summed E-state index contributed by atoms with van der Waals surface area (Å²) >= 11 is 0. The maximum atomic E-state index is 13.2. The molecule has 1 aromatic heterocycles. The molecule has 3 aromatic rings. The molecule has 0 radical (unpaired) electrons. The second kappa shape index (κ2) is 7.97. The van der Waals surface area contributed by atoms with Gasteiger partial charge >= 0.3 is 6.03 Å². The second-order valence-electron chi connectivity index (χ2n) is 10.5. The Morgan fingerprint density at radius 3 is 2.56 bits per heavy atom. The van der Waals surface area contributed by atoms with Crippen LogP contribution in [-0.2, 0) is 9.59 Å². The number of nitrogens with zero attached hydrogens (tertiary/aromatic N) is 2. The second-order valence-corrected chi connectivity index (χ2v) is 10.5. The monoisotopic (exact) mass is 459 g/mol. The fraction of sp³-hybridized carbons (Fsp3) is 0.385. The number of aromatic nitrogens is 2. The lowest BCUT2D eigenvalue weighted by molar-refractivity contribution is -0.136. The molecule has 8 nitrogen and oxygen atoms in total. The molecule has 34 heavy (non-hydrogen) atoms. The van der Waals surface area contributed by atoms with Crippen LogP contribution in [-0.4, -0.2) is 44.8 Å². The lowest BCUT2D eigenvalue weighted by atomic mass is 9.64. The Labute approximate surface area is 198 Å². The Balaban J connectivity index is 1.25. The van der Waals surface area contributed by atoms with Crippen LogP contribution in [0.5, 0.6) is 0 Å². The molecule has 2 unspecified atom stereocenters.